The number of aliphatic hydroxyl groups excluding tert-OH is 1. The monoisotopic (exact) mass is 162 g/mol. The summed E-state index contributed by atoms with van der Waals surface area (Å²) >= 11 is 1.81. The lowest BCUT2D eigenvalue weighted by Crippen LogP contribution is -2.11. The van der Waals surface area contributed by atoms with E-state index < -0.39 is 0 Å². The van der Waals surface area contributed by atoms with Gasteiger partial charge in [-0.3, -0.25) is 0 Å². The molecule has 0 aliphatic carbocycles. The highest BCUT2D eigenvalue weighted by Crippen LogP contribution is 1.93. The zero-order chi connectivity index (χ0) is 7.66. The average molecular weight is 162 g/mol. The van der Waals surface area contributed by atoms with Gasteiger partial charge in [-0.1, -0.05) is 6.92 Å². The summed E-state index contributed by atoms with van der Waals surface area (Å²) < 4.78 is 0. The molecule has 0 rings (SSSR count). The normalized spacial score (nSPS) is 10.6. The van der Waals surface area contributed by atoms with Gasteiger partial charge in [0.05, 0.1) is 13.2 Å². The molecule has 60 valence electrons. The van der Waals surface area contributed by atoms with Crippen LogP contribution in [0.4, 0.5) is 0 Å². The summed E-state index contributed by atoms with van der Waals surface area (Å²) in [7, 11) is 0. The fraction of sp³-hybridized carbons (Fsp3) is 0.833. The largest absolute Gasteiger partial charge is 0.394 e. The van der Waals surface area contributed by atoms with E-state index in [1.165, 1.54) is 0 Å². The van der Waals surface area contributed by atoms with Crippen molar-refractivity contribution in [2.75, 3.05) is 24.7 Å². The van der Waals surface area contributed by atoms with E-state index in [9.17, 15) is 0 Å². The van der Waals surface area contributed by atoms with Crippen molar-refractivity contribution in [3.63, 3.8) is 0 Å². The lowest BCUT2D eigenvalue weighted by atomic mass is 10.7. The maximum absolute atomic E-state index is 8.33. The lowest BCUT2D eigenvalue weighted by molar-refractivity contribution is 0.294. The average Bonchev–Trinajstić information content (AvgIpc) is 1.97. The highest BCUT2D eigenvalue weighted by molar-refractivity contribution is 7.99. The molecule has 0 amide bonds. The molecule has 0 saturated heterocycles. The van der Waals surface area contributed by atoms with Gasteiger partial charge in [-0.15, -0.1) is 0 Å². The van der Waals surface area contributed by atoms with Gasteiger partial charge in [0.1, 0.15) is 0 Å². The molecule has 0 aromatic carbocycles. The summed E-state index contributed by atoms with van der Waals surface area (Å²) in [5.74, 6) is 2.06. The van der Waals surface area contributed by atoms with Crippen molar-refractivity contribution in [2.45, 2.75) is 6.92 Å². The van der Waals surface area contributed by atoms with E-state index in [-0.39, 0.29) is 6.61 Å². The molecule has 0 aliphatic rings. The highest BCUT2D eigenvalue weighted by atomic mass is 32.2. The van der Waals surface area contributed by atoms with Gasteiger partial charge in [0.25, 0.3) is 0 Å². The van der Waals surface area contributed by atoms with Crippen LogP contribution >= 0.6 is 11.8 Å². The Balaban J connectivity index is 2.89. The molecule has 4 heteroatoms. The molecule has 0 fully saturated rings. The van der Waals surface area contributed by atoms with Gasteiger partial charge in [-0.2, -0.15) is 16.9 Å². The Morgan fingerprint density at radius 3 is 3.10 bits per heavy atom. The van der Waals surface area contributed by atoms with Gasteiger partial charge in [0.2, 0.25) is 0 Å². The third kappa shape index (κ3) is 7.78. The van der Waals surface area contributed by atoms with Gasteiger partial charge < -0.3 is 10.5 Å². The second-order valence-corrected chi connectivity index (χ2v) is 2.92. The van der Waals surface area contributed by atoms with Crippen molar-refractivity contribution in [1.29, 1.82) is 0 Å². The molecule has 0 atom stereocenters. The van der Waals surface area contributed by atoms with Gasteiger partial charge in [-0.05, 0) is 5.75 Å². The van der Waals surface area contributed by atoms with Gasteiger partial charge in [0.15, 0.2) is 0 Å². The Morgan fingerprint density at radius 2 is 2.50 bits per heavy atom. The van der Waals surface area contributed by atoms with Crippen molar-refractivity contribution in [2.24, 2.45) is 5.10 Å². The third-order valence-electron chi connectivity index (χ3n) is 0.803. The van der Waals surface area contributed by atoms with Crippen LogP contribution < -0.4 is 5.43 Å². The zero-order valence-corrected chi connectivity index (χ0v) is 7.02. The predicted molar refractivity (Wildman–Crippen MR) is 46.6 cm³/mol. The minimum atomic E-state index is 0.137. The molecule has 2 N–H and O–H groups in total. The molecule has 0 saturated carbocycles. The first-order chi connectivity index (χ1) is 4.91. The van der Waals surface area contributed by atoms with Crippen LogP contribution in [0.1, 0.15) is 6.92 Å². The van der Waals surface area contributed by atoms with Gasteiger partial charge in [0, 0.05) is 12.0 Å². The van der Waals surface area contributed by atoms with Crippen LogP contribution in [0.5, 0.6) is 0 Å². The first-order valence-corrected chi connectivity index (χ1v) is 4.50. The quantitative estimate of drug-likeness (QED) is 0.335. The number of thioether (sulfide) groups is 1. The lowest BCUT2D eigenvalue weighted by Gasteiger charge is -1.93. The fourth-order valence-corrected chi connectivity index (χ4v) is 0.803. The minimum Gasteiger partial charge on any atom is -0.394 e. The van der Waals surface area contributed by atoms with E-state index in [4.69, 9.17) is 5.11 Å². The Kier molecular flexibility index (Phi) is 8.59. The van der Waals surface area contributed by atoms with Crippen LogP contribution in [0.3, 0.4) is 0 Å². The van der Waals surface area contributed by atoms with E-state index in [1.54, 1.807) is 0 Å². The number of rotatable bonds is 6. The van der Waals surface area contributed by atoms with E-state index in [0.29, 0.717) is 6.54 Å². The molecular weight excluding hydrogens is 148 g/mol. The molecular formula is C6H14N2OS. The van der Waals surface area contributed by atoms with Crippen molar-refractivity contribution in [1.82, 2.24) is 5.43 Å². The number of hydrogen-bond acceptors (Lipinski definition) is 4. The molecule has 0 aliphatic heterocycles. The predicted octanol–water partition coefficient (Wildman–Crippen LogP) is 0.307. The maximum atomic E-state index is 8.33. The summed E-state index contributed by atoms with van der Waals surface area (Å²) in [6.07, 6.45) is 1.81. The Hall–Kier alpha value is -0.220. The topological polar surface area (TPSA) is 44.6 Å². The number of nitrogens with one attached hydrogen (secondary N) is 1. The summed E-state index contributed by atoms with van der Waals surface area (Å²) in [6, 6.07) is 0. The second-order valence-electron chi connectivity index (χ2n) is 1.60. The van der Waals surface area contributed by atoms with Crippen LogP contribution in [-0.4, -0.2) is 36.0 Å². The van der Waals surface area contributed by atoms with Crippen molar-refractivity contribution in [3.05, 3.63) is 0 Å². The van der Waals surface area contributed by atoms with E-state index in [0.717, 1.165) is 11.5 Å². The van der Waals surface area contributed by atoms with Gasteiger partial charge in [-0.25, -0.2) is 0 Å². The third-order valence-corrected chi connectivity index (χ3v) is 1.60. The second kappa shape index (κ2) is 8.78. The Labute approximate surface area is 65.9 Å². The number of aliphatic hydroxyl groups is 1. The highest BCUT2D eigenvalue weighted by Gasteiger charge is 1.77. The zero-order valence-electron chi connectivity index (χ0n) is 6.21. The fourth-order valence-electron chi connectivity index (χ4n) is 0.387. The molecule has 0 bridgehead atoms. The van der Waals surface area contributed by atoms with E-state index >= 15 is 0 Å². The van der Waals surface area contributed by atoms with Crippen molar-refractivity contribution >= 4 is 18.0 Å². The molecule has 0 aromatic rings. The van der Waals surface area contributed by atoms with Crippen molar-refractivity contribution < 1.29 is 5.11 Å². The summed E-state index contributed by atoms with van der Waals surface area (Å²) in [6.45, 7) is 2.78. The molecule has 0 radical (unpaired) electrons. The van der Waals surface area contributed by atoms with Gasteiger partial charge >= 0.3 is 0 Å². The summed E-state index contributed by atoms with van der Waals surface area (Å²) in [5, 5.41) is 12.2. The number of nitrogens with zero attached hydrogens (tertiary/aromatic N) is 1. The number of hydrogen-bond donors (Lipinski definition) is 2. The molecule has 0 unspecified atom stereocenters. The molecule has 10 heavy (non-hydrogen) atoms. The smallest absolute Gasteiger partial charge is 0.0620 e. The summed E-state index contributed by atoms with van der Waals surface area (Å²) in [4.78, 5) is 0. The number of hydrazone groups is 1. The van der Waals surface area contributed by atoms with E-state index in [2.05, 4.69) is 17.5 Å². The van der Waals surface area contributed by atoms with Crippen LogP contribution in [0, 0.1) is 0 Å². The first-order valence-electron chi connectivity index (χ1n) is 3.34. The van der Waals surface area contributed by atoms with Crippen molar-refractivity contribution in [3.8, 4) is 0 Å². The van der Waals surface area contributed by atoms with Crippen LogP contribution in [0.25, 0.3) is 0 Å². The van der Waals surface area contributed by atoms with Crippen LogP contribution in [0.15, 0.2) is 5.10 Å². The standard InChI is InChI=1S/C6H14N2OS/c1-2-10-6-4-8-7-3-5-9/h4,7,9H,2-3,5-6H2,1H3/b8-4+. The molecule has 0 spiro atoms. The van der Waals surface area contributed by atoms with E-state index in [1.807, 2.05) is 18.0 Å². The maximum Gasteiger partial charge on any atom is 0.0620 e. The molecule has 3 nitrogen and oxygen atoms in total. The first kappa shape index (κ1) is 9.78. The Morgan fingerprint density at radius 1 is 1.70 bits per heavy atom. The Bertz CT molecular complexity index is 77.8. The van der Waals surface area contributed by atoms with Crippen LogP contribution in [0.2, 0.25) is 0 Å². The molecule has 0 aromatic heterocycles. The molecule has 0 heterocycles. The minimum absolute atomic E-state index is 0.137. The van der Waals surface area contributed by atoms with Crippen LogP contribution in [-0.2, 0) is 0 Å². The summed E-state index contributed by atoms with van der Waals surface area (Å²) in [5.41, 5.74) is 2.70. The SMILES string of the molecule is CCSC/C=N/NCCO.